The lowest BCUT2D eigenvalue weighted by Gasteiger charge is -2.31. The molecule has 0 spiro atoms. The highest BCUT2D eigenvalue weighted by atomic mass is 35.5. The Morgan fingerprint density at radius 1 is 0.952 bits per heavy atom. The van der Waals surface area contributed by atoms with Crippen molar-refractivity contribution in [2.75, 3.05) is 0 Å². The molecule has 0 aromatic heterocycles. The van der Waals surface area contributed by atoms with Gasteiger partial charge in [-0.2, -0.15) is 0 Å². The van der Waals surface area contributed by atoms with Crippen LogP contribution in [-0.4, -0.2) is 0 Å². The van der Waals surface area contributed by atoms with Crippen molar-refractivity contribution < 1.29 is 0 Å². The van der Waals surface area contributed by atoms with E-state index in [9.17, 15) is 0 Å². The number of hydrogen-bond acceptors (Lipinski definition) is 0. The van der Waals surface area contributed by atoms with E-state index in [1.807, 2.05) is 0 Å². The first kappa shape index (κ1) is 14.7. The molecule has 0 radical (unpaired) electrons. The van der Waals surface area contributed by atoms with Gasteiger partial charge in [0.25, 0.3) is 0 Å². The van der Waals surface area contributed by atoms with Crippen molar-refractivity contribution in [1.29, 1.82) is 0 Å². The largest absolute Gasteiger partial charge is 0.118 e. The van der Waals surface area contributed by atoms with Crippen molar-refractivity contribution in [2.45, 2.75) is 38.5 Å². The zero-order chi connectivity index (χ0) is 14.9. The molecule has 0 N–H and O–H groups in total. The van der Waals surface area contributed by atoms with E-state index in [0.717, 1.165) is 0 Å². The quantitative estimate of drug-likeness (QED) is 0.570. The molecule has 2 unspecified atom stereocenters. The molecule has 2 atom stereocenters. The minimum Gasteiger partial charge on any atom is -0.118 e. The molecule has 1 fully saturated rings. The number of hydrogen-bond donors (Lipinski definition) is 0. The van der Waals surface area contributed by atoms with Crippen molar-refractivity contribution in [2.24, 2.45) is 11.3 Å². The summed E-state index contributed by atoms with van der Waals surface area (Å²) < 4.78 is 0. The number of rotatable bonds is 3. The van der Waals surface area contributed by atoms with E-state index in [2.05, 4.69) is 68.4 Å². The Bertz CT molecular complexity index is 583. The minimum atomic E-state index is 0.132. The fraction of sp³-hybridized carbons (Fsp3) is 0.400. The standard InChI is InChI=1S/C20H23Cl/c1-20(2)14-6-9-18(20)19(21)17-12-10-16(11-13-17)15-7-4-3-5-8-15/h3-5,7-8,10-13,18-19H,6,9,14H2,1-2H3. The van der Waals surface area contributed by atoms with Crippen LogP contribution in [0.15, 0.2) is 54.6 Å². The van der Waals surface area contributed by atoms with Crippen molar-refractivity contribution >= 4 is 11.6 Å². The monoisotopic (exact) mass is 298 g/mol. The van der Waals surface area contributed by atoms with Gasteiger partial charge in [0.1, 0.15) is 0 Å². The molecular formula is C20H23Cl. The molecule has 1 aliphatic rings. The molecule has 0 bridgehead atoms. The predicted octanol–water partition coefficient (Wildman–Crippen LogP) is 6.46. The molecule has 0 heterocycles. The lowest BCUT2D eigenvalue weighted by molar-refractivity contribution is 0.252. The van der Waals surface area contributed by atoms with Gasteiger partial charge in [0.05, 0.1) is 5.38 Å². The summed E-state index contributed by atoms with van der Waals surface area (Å²) in [5.41, 5.74) is 4.14. The maximum Gasteiger partial charge on any atom is 0.0618 e. The number of halogens is 1. The number of benzene rings is 2. The Morgan fingerprint density at radius 3 is 2.14 bits per heavy atom. The molecule has 110 valence electrons. The second-order valence-electron chi connectivity index (χ2n) is 6.88. The van der Waals surface area contributed by atoms with E-state index in [1.165, 1.54) is 36.0 Å². The Labute approximate surface area is 133 Å². The molecule has 1 aliphatic carbocycles. The fourth-order valence-corrected chi connectivity index (χ4v) is 4.23. The van der Waals surface area contributed by atoms with Crippen LogP contribution < -0.4 is 0 Å². The van der Waals surface area contributed by atoms with Gasteiger partial charge in [0.2, 0.25) is 0 Å². The highest BCUT2D eigenvalue weighted by Crippen LogP contribution is 2.51. The molecule has 2 aromatic carbocycles. The van der Waals surface area contributed by atoms with Crippen molar-refractivity contribution in [3.8, 4) is 11.1 Å². The van der Waals surface area contributed by atoms with E-state index in [0.29, 0.717) is 11.3 Å². The van der Waals surface area contributed by atoms with Gasteiger partial charge in [-0.25, -0.2) is 0 Å². The van der Waals surface area contributed by atoms with Crippen molar-refractivity contribution in [1.82, 2.24) is 0 Å². The fourth-order valence-electron chi connectivity index (χ4n) is 3.62. The van der Waals surface area contributed by atoms with Gasteiger partial charge in [0.15, 0.2) is 0 Å². The summed E-state index contributed by atoms with van der Waals surface area (Å²) in [4.78, 5) is 0. The Balaban J connectivity index is 1.81. The molecule has 21 heavy (non-hydrogen) atoms. The van der Waals surface area contributed by atoms with Gasteiger partial charge in [0, 0.05) is 0 Å². The molecular weight excluding hydrogens is 276 g/mol. The van der Waals surface area contributed by atoms with Crippen LogP contribution in [0.4, 0.5) is 0 Å². The van der Waals surface area contributed by atoms with E-state index < -0.39 is 0 Å². The lowest BCUT2D eigenvalue weighted by atomic mass is 9.78. The molecule has 1 heteroatoms. The summed E-state index contributed by atoms with van der Waals surface area (Å²) >= 11 is 6.80. The summed E-state index contributed by atoms with van der Waals surface area (Å²) in [6, 6.07) is 19.3. The van der Waals surface area contributed by atoms with Crippen LogP contribution in [0.1, 0.15) is 44.1 Å². The van der Waals surface area contributed by atoms with Gasteiger partial charge < -0.3 is 0 Å². The Morgan fingerprint density at radius 2 is 1.57 bits per heavy atom. The van der Waals surface area contributed by atoms with Crippen LogP contribution >= 0.6 is 11.6 Å². The third-order valence-corrected chi connectivity index (χ3v) is 5.59. The zero-order valence-corrected chi connectivity index (χ0v) is 13.6. The third-order valence-electron chi connectivity index (χ3n) is 5.03. The van der Waals surface area contributed by atoms with Gasteiger partial charge in [-0.3, -0.25) is 0 Å². The smallest absolute Gasteiger partial charge is 0.0618 e. The first-order valence-corrected chi connectivity index (χ1v) is 8.31. The van der Waals surface area contributed by atoms with Gasteiger partial charge in [-0.15, -0.1) is 11.6 Å². The highest BCUT2D eigenvalue weighted by Gasteiger charge is 2.39. The van der Waals surface area contributed by atoms with E-state index in [-0.39, 0.29) is 5.38 Å². The normalized spacial score (nSPS) is 22.1. The second kappa shape index (κ2) is 5.85. The van der Waals surface area contributed by atoms with Gasteiger partial charge in [-0.05, 0) is 40.9 Å². The van der Waals surface area contributed by atoms with Crippen molar-refractivity contribution in [3.05, 3.63) is 60.2 Å². The highest BCUT2D eigenvalue weighted by molar-refractivity contribution is 6.21. The molecule has 0 nitrogen and oxygen atoms in total. The third kappa shape index (κ3) is 3.01. The topological polar surface area (TPSA) is 0 Å². The minimum absolute atomic E-state index is 0.132. The first-order valence-electron chi connectivity index (χ1n) is 7.87. The molecule has 0 aliphatic heterocycles. The lowest BCUT2D eigenvalue weighted by Crippen LogP contribution is -2.21. The van der Waals surface area contributed by atoms with Crippen LogP contribution in [-0.2, 0) is 0 Å². The Hall–Kier alpha value is -1.27. The summed E-state index contributed by atoms with van der Waals surface area (Å²) in [7, 11) is 0. The molecule has 1 saturated carbocycles. The first-order chi connectivity index (χ1) is 10.1. The zero-order valence-electron chi connectivity index (χ0n) is 12.9. The summed E-state index contributed by atoms with van der Waals surface area (Å²) in [6.07, 6.45) is 3.85. The van der Waals surface area contributed by atoms with Crippen molar-refractivity contribution in [3.63, 3.8) is 0 Å². The average Bonchev–Trinajstić information content (AvgIpc) is 2.87. The Kier molecular flexibility index (Phi) is 4.08. The van der Waals surface area contributed by atoms with Gasteiger partial charge >= 0.3 is 0 Å². The molecule has 0 amide bonds. The van der Waals surface area contributed by atoms with E-state index in [1.54, 1.807) is 0 Å². The van der Waals surface area contributed by atoms with Crippen LogP contribution in [0.2, 0.25) is 0 Å². The average molecular weight is 299 g/mol. The SMILES string of the molecule is CC1(C)CCCC1C(Cl)c1ccc(-c2ccccc2)cc1. The van der Waals surface area contributed by atoms with Crippen LogP contribution in [0.25, 0.3) is 11.1 Å². The van der Waals surface area contributed by atoms with Crippen LogP contribution in [0.3, 0.4) is 0 Å². The summed E-state index contributed by atoms with van der Waals surface area (Å²) in [6.45, 7) is 4.72. The van der Waals surface area contributed by atoms with E-state index >= 15 is 0 Å². The van der Waals surface area contributed by atoms with Gasteiger partial charge in [-0.1, -0.05) is 74.9 Å². The van der Waals surface area contributed by atoms with Crippen LogP contribution in [0, 0.1) is 11.3 Å². The maximum absolute atomic E-state index is 6.80. The summed E-state index contributed by atoms with van der Waals surface area (Å²) in [5, 5.41) is 0.132. The molecule has 0 saturated heterocycles. The van der Waals surface area contributed by atoms with Crippen LogP contribution in [0.5, 0.6) is 0 Å². The summed E-state index contributed by atoms with van der Waals surface area (Å²) in [5.74, 6) is 0.585. The number of alkyl halides is 1. The predicted molar refractivity (Wildman–Crippen MR) is 91.6 cm³/mol. The second-order valence-corrected chi connectivity index (χ2v) is 7.35. The molecule has 3 rings (SSSR count). The van der Waals surface area contributed by atoms with E-state index in [4.69, 9.17) is 11.6 Å². The molecule has 2 aromatic rings. The maximum atomic E-state index is 6.80.